The van der Waals surface area contributed by atoms with Crippen molar-refractivity contribution in [3.05, 3.63) is 36.7 Å². The van der Waals surface area contributed by atoms with Crippen molar-refractivity contribution in [2.24, 2.45) is 5.92 Å². The van der Waals surface area contributed by atoms with E-state index in [1.807, 2.05) is 12.3 Å². The quantitative estimate of drug-likeness (QED) is 0.692. The smallest absolute Gasteiger partial charge is 0.140 e. The number of aromatic nitrogens is 2. The fraction of sp³-hybridized carbons (Fsp3) is 0.550. The number of imidazole rings is 1. The van der Waals surface area contributed by atoms with Gasteiger partial charge in [0.1, 0.15) is 11.6 Å². The van der Waals surface area contributed by atoms with E-state index >= 15 is 0 Å². The molecule has 0 aliphatic heterocycles. The average Bonchev–Trinajstić information content (AvgIpc) is 3.49. The third-order valence-corrected chi connectivity index (χ3v) is 5.33. The second kappa shape index (κ2) is 6.25. The molecule has 0 saturated heterocycles. The molecule has 0 radical (unpaired) electrons. The normalized spacial score (nSPS) is 18.8. The van der Waals surface area contributed by atoms with E-state index in [1.165, 1.54) is 25.7 Å². The van der Waals surface area contributed by atoms with E-state index < -0.39 is 0 Å². The van der Waals surface area contributed by atoms with Crippen LogP contribution in [-0.2, 0) is 5.54 Å². The Morgan fingerprint density at radius 2 is 2.12 bits per heavy atom. The van der Waals surface area contributed by atoms with Gasteiger partial charge in [0.15, 0.2) is 0 Å². The van der Waals surface area contributed by atoms with E-state index in [-0.39, 0.29) is 0 Å². The topological polar surface area (TPSA) is 30.3 Å². The SMILES string of the molecule is CN(C)CCCOc1cccc(-c2nccn2C2(C3CC3)CC2)c1. The molecule has 4 heteroatoms. The van der Waals surface area contributed by atoms with Crippen LogP contribution in [0.15, 0.2) is 36.7 Å². The molecule has 1 aromatic heterocycles. The van der Waals surface area contributed by atoms with E-state index in [0.29, 0.717) is 5.54 Å². The molecule has 0 atom stereocenters. The van der Waals surface area contributed by atoms with Crippen molar-refractivity contribution < 1.29 is 4.74 Å². The first kappa shape index (κ1) is 15.7. The van der Waals surface area contributed by atoms with Crippen LogP contribution in [-0.4, -0.2) is 41.7 Å². The number of ether oxygens (including phenoxy) is 1. The van der Waals surface area contributed by atoms with Crippen molar-refractivity contribution in [2.75, 3.05) is 27.2 Å². The Labute approximate surface area is 144 Å². The molecule has 2 fully saturated rings. The zero-order valence-corrected chi connectivity index (χ0v) is 14.7. The van der Waals surface area contributed by atoms with E-state index in [1.54, 1.807) is 0 Å². The summed E-state index contributed by atoms with van der Waals surface area (Å²) in [5.74, 6) is 2.91. The third-order valence-electron chi connectivity index (χ3n) is 5.33. The van der Waals surface area contributed by atoms with Gasteiger partial charge < -0.3 is 14.2 Å². The van der Waals surface area contributed by atoms with Gasteiger partial charge >= 0.3 is 0 Å². The zero-order chi connectivity index (χ0) is 16.6. The van der Waals surface area contributed by atoms with Gasteiger partial charge in [-0.3, -0.25) is 0 Å². The lowest BCUT2D eigenvalue weighted by Crippen LogP contribution is -2.19. The largest absolute Gasteiger partial charge is 0.494 e. The maximum Gasteiger partial charge on any atom is 0.140 e. The number of nitrogens with zero attached hydrogens (tertiary/aromatic N) is 3. The molecule has 1 heterocycles. The molecule has 2 saturated carbocycles. The van der Waals surface area contributed by atoms with Crippen LogP contribution in [0.4, 0.5) is 0 Å². The monoisotopic (exact) mass is 325 g/mol. The van der Waals surface area contributed by atoms with Crippen molar-refractivity contribution in [1.82, 2.24) is 14.5 Å². The van der Waals surface area contributed by atoms with Gasteiger partial charge in [-0.2, -0.15) is 0 Å². The molecule has 0 amide bonds. The Hall–Kier alpha value is -1.81. The first-order valence-corrected chi connectivity index (χ1v) is 9.11. The summed E-state index contributed by atoms with van der Waals surface area (Å²) in [6.07, 6.45) is 10.5. The van der Waals surface area contributed by atoms with Gasteiger partial charge in [0.2, 0.25) is 0 Å². The van der Waals surface area contributed by atoms with Crippen molar-refractivity contribution in [2.45, 2.75) is 37.6 Å². The fourth-order valence-electron chi connectivity index (χ4n) is 3.77. The van der Waals surface area contributed by atoms with Crippen molar-refractivity contribution >= 4 is 0 Å². The minimum absolute atomic E-state index is 0.369. The van der Waals surface area contributed by atoms with Crippen LogP contribution in [0.5, 0.6) is 5.75 Å². The van der Waals surface area contributed by atoms with E-state index in [4.69, 9.17) is 4.74 Å². The van der Waals surface area contributed by atoms with Crippen LogP contribution in [0, 0.1) is 5.92 Å². The highest BCUT2D eigenvalue weighted by molar-refractivity contribution is 5.59. The first-order chi connectivity index (χ1) is 11.7. The Bertz CT molecular complexity index is 698. The predicted octanol–water partition coefficient (Wildman–Crippen LogP) is 3.78. The molecule has 0 spiro atoms. The fourth-order valence-corrected chi connectivity index (χ4v) is 3.77. The van der Waals surface area contributed by atoms with Gasteiger partial charge in [-0.15, -0.1) is 0 Å². The second-order valence-electron chi connectivity index (χ2n) is 7.53. The lowest BCUT2D eigenvalue weighted by molar-refractivity contribution is 0.281. The van der Waals surface area contributed by atoms with Crippen LogP contribution in [0.3, 0.4) is 0 Å². The molecule has 1 aromatic carbocycles. The maximum absolute atomic E-state index is 5.93. The van der Waals surface area contributed by atoms with Crippen molar-refractivity contribution in [3.63, 3.8) is 0 Å². The number of benzene rings is 1. The summed E-state index contributed by atoms with van der Waals surface area (Å²) in [5, 5.41) is 0. The summed E-state index contributed by atoms with van der Waals surface area (Å²) >= 11 is 0. The highest BCUT2D eigenvalue weighted by Crippen LogP contribution is 2.60. The predicted molar refractivity (Wildman–Crippen MR) is 96.3 cm³/mol. The minimum Gasteiger partial charge on any atom is -0.494 e. The van der Waals surface area contributed by atoms with Gasteiger partial charge in [-0.1, -0.05) is 12.1 Å². The van der Waals surface area contributed by atoms with Gasteiger partial charge in [-0.25, -0.2) is 4.98 Å². The number of hydrogen-bond acceptors (Lipinski definition) is 3. The van der Waals surface area contributed by atoms with Gasteiger partial charge in [0.05, 0.1) is 6.61 Å². The highest BCUT2D eigenvalue weighted by Gasteiger charge is 2.55. The second-order valence-corrected chi connectivity index (χ2v) is 7.53. The summed E-state index contributed by atoms with van der Waals surface area (Å²) in [6.45, 7) is 1.80. The summed E-state index contributed by atoms with van der Waals surface area (Å²) in [6, 6.07) is 8.40. The van der Waals surface area contributed by atoms with Crippen LogP contribution >= 0.6 is 0 Å². The number of rotatable bonds is 8. The minimum atomic E-state index is 0.369. The van der Waals surface area contributed by atoms with Gasteiger partial charge in [0, 0.05) is 30.0 Å². The van der Waals surface area contributed by atoms with Crippen molar-refractivity contribution in [1.29, 1.82) is 0 Å². The maximum atomic E-state index is 5.93. The van der Waals surface area contributed by atoms with Gasteiger partial charge in [0.25, 0.3) is 0 Å². The Balaban J connectivity index is 1.49. The van der Waals surface area contributed by atoms with Crippen molar-refractivity contribution in [3.8, 4) is 17.1 Å². The van der Waals surface area contributed by atoms with Gasteiger partial charge in [-0.05, 0) is 64.3 Å². The molecule has 0 unspecified atom stereocenters. The van der Waals surface area contributed by atoms with E-state index in [9.17, 15) is 0 Å². The molecule has 0 bridgehead atoms. The molecule has 128 valence electrons. The lowest BCUT2D eigenvalue weighted by Gasteiger charge is -2.19. The summed E-state index contributed by atoms with van der Waals surface area (Å²) in [4.78, 5) is 6.85. The molecule has 4 nitrogen and oxygen atoms in total. The van der Waals surface area contributed by atoms with E-state index in [2.05, 4.69) is 52.9 Å². The van der Waals surface area contributed by atoms with Crippen LogP contribution in [0.1, 0.15) is 32.1 Å². The Morgan fingerprint density at radius 3 is 2.83 bits per heavy atom. The molecule has 0 N–H and O–H groups in total. The molecule has 2 aromatic rings. The standard InChI is InChI=1S/C20H27N3O/c1-22(2)12-4-14-24-18-6-3-5-16(15-18)19-21-11-13-23(19)20(9-10-20)17-7-8-17/h3,5-6,11,13,15,17H,4,7-10,12,14H2,1-2H3. The zero-order valence-electron chi connectivity index (χ0n) is 14.7. The molecule has 2 aliphatic carbocycles. The molecular weight excluding hydrogens is 298 g/mol. The third kappa shape index (κ3) is 3.07. The molecule has 2 aliphatic rings. The molecule has 24 heavy (non-hydrogen) atoms. The first-order valence-electron chi connectivity index (χ1n) is 9.11. The van der Waals surface area contributed by atoms with Crippen LogP contribution in [0.2, 0.25) is 0 Å². The highest BCUT2D eigenvalue weighted by atomic mass is 16.5. The summed E-state index contributed by atoms with van der Waals surface area (Å²) in [5.41, 5.74) is 1.53. The molecule has 4 rings (SSSR count). The Morgan fingerprint density at radius 1 is 1.29 bits per heavy atom. The summed E-state index contributed by atoms with van der Waals surface area (Å²) < 4.78 is 8.37. The summed E-state index contributed by atoms with van der Waals surface area (Å²) in [7, 11) is 4.18. The lowest BCUT2D eigenvalue weighted by atomic mass is 10.1. The number of hydrogen-bond donors (Lipinski definition) is 0. The molecular formula is C20H27N3O. The van der Waals surface area contributed by atoms with E-state index in [0.717, 1.165) is 42.6 Å². The van der Waals surface area contributed by atoms with Crippen LogP contribution < -0.4 is 4.74 Å². The Kier molecular flexibility index (Phi) is 4.09. The average molecular weight is 325 g/mol. The van der Waals surface area contributed by atoms with Crippen LogP contribution in [0.25, 0.3) is 11.4 Å².